The molecule has 92 valence electrons. The molecule has 1 aromatic heterocycles. The summed E-state index contributed by atoms with van der Waals surface area (Å²) >= 11 is 5.89. The fourth-order valence-electron chi connectivity index (χ4n) is 1.74. The van der Waals surface area contributed by atoms with Gasteiger partial charge in [0.2, 0.25) is 0 Å². The number of rotatable bonds is 3. The fraction of sp³-hybridized carbons (Fsp3) is 0.143. The van der Waals surface area contributed by atoms with Gasteiger partial charge in [0.1, 0.15) is 5.82 Å². The van der Waals surface area contributed by atoms with Gasteiger partial charge in [0.15, 0.2) is 5.78 Å². The van der Waals surface area contributed by atoms with E-state index < -0.39 is 5.82 Å². The van der Waals surface area contributed by atoms with Crippen LogP contribution in [-0.2, 0) is 6.42 Å². The van der Waals surface area contributed by atoms with Gasteiger partial charge < -0.3 is 0 Å². The quantitative estimate of drug-likeness (QED) is 0.792. The van der Waals surface area contributed by atoms with Crippen molar-refractivity contribution < 1.29 is 9.18 Å². The summed E-state index contributed by atoms with van der Waals surface area (Å²) < 4.78 is 13.6. The van der Waals surface area contributed by atoms with Crippen molar-refractivity contribution in [2.45, 2.75) is 13.3 Å². The molecule has 0 bridgehead atoms. The largest absolute Gasteiger partial charge is 0.294 e. The number of nitrogens with zero attached hydrogens (tertiary/aromatic N) is 1. The van der Waals surface area contributed by atoms with Gasteiger partial charge in [-0.15, -0.1) is 0 Å². The molecule has 2 aromatic rings. The third-order valence-electron chi connectivity index (χ3n) is 2.71. The van der Waals surface area contributed by atoms with Crippen molar-refractivity contribution in [2.24, 2.45) is 0 Å². The van der Waals surface area contributed by atoms with E-state index >= 15 is 0 Å². The van der Waals surface area contributed by atoms with Crippen LogP contribution < -0.4 is 0 Å². The van der Waals surface area contributed by atoms with Crippen LogP contribution in [0.2, 0.25) is 5.02 Å². The Hall–Kier alpha value is -1.74. The molecular weight excluding hydrogens is 253 g/mol. The second-order valence-corrected chi connectivity index (χ2v) is 4.34. The van der Waals surface area contributed by atoms with Crippen molar-refractivity contribution in [1.82, 2.24) is 4.98 Å². The number of Topliss-reactive ketones (excluding diaryl/α,β-unsaturated/α-hetero) is 1. The van der Waals surface area contributed by atoms with E-state index in [9.17, 15) is 9.18 Å². The zero-order valence-electron chi connectivity index (χ0n) is 9.78. The molecule has 0 saturated heterocycles. The molecule has 18 heavy (non-hydrogen) atoms. The van der Waals surface area contributed by atoms with Crippen LogP contribution >= 0.6 is 11.6 Å². The maximum Gasteiger partial charge on any atom is 0.169 e. The average Bonchev–Trinajstić information content (AvgIpc) is 2.34. The summed E-state index contributed by atoms with van der Waals surface area (Å²) in [6, 6.07) is 7.75. The third-order valence-corrected chi connectivity index (χ3v) is 3.06. The zero-order valence-corrected chi connectivity index (χ0v) is 10.5. The van der Waals surface area contributed by atoms with Gasteiger partial charge in [-0.2, -0.15) is 0 Å². The SMILES string of the molecule is Cc1ncccc1C(=O)Cc1c(F)cccc1Cl. The van der Waals surface area contributed by atoms with Crippen molar-refractivity contribution in [1.29, 1.82) is 0 Å². The van der Waals surface area contributed by atoms with Gasteiger partial charge in [0.25, 0.3) is 0 Å². The van der Waals surface area contributed by atoms with E-state index in [0.29, 0.717) is 11.3 Å². The monoisotopic (exact) mass is 263 g/mol. The second kappa shape index (κ2) is 5.27. The minimum atomic E-state index is -0.461. The topological polar surface area (TPSA) is 30.0 Å². The van der Waals surface area contributed by atoms with Gasteiger partial charge >= 0.3 is 0 Å². The average molecular weight is 264 g/mol. The maximum absolute atomic E-state index is 13.6. The van der Waals surface area contributed by atoms with E-state index in [1.807, 2.05) is 0 Å². The second-order valence-electron chi connectivity index (χ2n) is 3.94. The number of aryl methyl sites for hydroxylation is 1. The van der Waals surface area contributed by atoms with Crippen molar-refractivity contribution in [3.63, 3.8) is 0 Å². The van der Waals surface area contributed by atoms with Crippen LogP contribution in [-0.4, -0.2) is 10.8 Å². The Morgan fingerprint density at radius 3 is 2.78 bits per heavy atom. The van der Waals surface area contributed by atoms with Crippen LogP contribution in [0.3, 0.4) is 0 Å². The number of ketones is 1. The summed E-state index contributed by atoms with van der Waals surface area (Å²) in [7, 11) is 0. The van der Waals surface area contributed by atoms with Gasteiger partial charge in [-0.05, 0) is 31.2 Å². The minimum absolute atomic E-state index is 0.0575. The number of carbonyl (C=O) groups is 1. The standard InChI is InChI=1S/C14H11ClFNO/c1-9-10(4-3-7-17-9)14(18)8-11-12(15)5-2-6-13(11)16/h2-7H,8H2,1H3. The first-order valence-corrected chi connectivity index (χ1v) is 5.85. The first-order chi connectivity index (χ1) is 8.59. The Morgan fingerprint density at radius 1 is 1.33 bits per heavy atom. The number of hydrogen-bond donors (Lipinski definition) is 0. The molecular formula is C14H11ClFNO. The molecule has 0 aliphatic rings. The third kappa shape index (κ3) is 2.57. The smallest absolute Gasteiger partial charge is 0.169 e. The first kappa shape index (κ1) is 12.7. The van der Waals surface area contributed by atoms with E-state index in [4.69, 9.17) is 11.6 Å². The number of carbonyl (C=O) groups excluding carboxylic acids is 1. The molecule has 0 aliphatic heterocycles. The zero-order chi connectivity index (χ0) is 13.1. The van der Waals surface area contributed by atoms with E-state index in [2.05, 4.69) is 4.98 Å². The Kier molecular flexibility index (Phi) is 3.72. The van der Waals surface area contributed by atoms with Crippen LogP contribution in [0.5, 0.6) is 0 Å². The van der Waals surface area contributed by atoms with E-state index in [1.165, 1.54) is 12.1 Å². The molecule has 0 radical (unpaired) electrons. The molecule has 0 amide bonds. The molecule has 0 atom stereocenters. The van der Waals surface area contributed by atoms with Crippen molar-refractivity contribution in [2.75, 3.05) is 0 Å². The first-order valence-electron chi connectivity index (χ1n) is 5.47. The predicted octanol–water partition coefficient (Wildman–Crippen LogP) is 3.61. The molecule has 0 N–H and O–H groups in total. The van der Waals surface area contributed by atoms with E-state index in [0.717, 1.165) is 0 Å². The lowest BCUT2D eigenvalue weighted by Gasteiger charge is -2.06. The Bertz CT molecular complexity index is 578. The molecule has 0 saturated carbocycles. The lowest BCUT2D eigenvalue weighted by molar-refractivity contribution is 0.0991. The number of hydrogen-bond acceptors (Lipinski definition) is 2. The molecule has 0 spiro atoms. The molecule has 4 heteroatoms. The Balaban J connectivity index is 2.30. The van der Waals surface area contributed by atoms with Gasteiger partial charge in [-0.25, -0.2) is 4.39 Å². The summed E-state index contributed by atoms with van der Waals surface area (Å²) in [6.07, 6.45) is 1.56. The van der Waals surface area contributed by atoms with Crippen LogP contribution in [0.4, 0.5) is 4.39 Å². The van der Waals surface area contributed by atoms with Crippen LogP contribution in [0.15, 0.2) is 36.5 Å². The molecule has 0 aliphatic carbocycles. The van der Waals surface area contributed by atoms with Gasteiger partial charge in [0, 0.05) is 34.5 Å². The highest BCUT2D eigenvalue weighted by atomic mass is 35.5. The molecule has 0 fully saturated rings. The van der Waals surface area contributed by atoms with Gasteiger partial charge in [-0.1, -0.05) is 17.7 Å². The number of pyridine rings is 1. The summed E-state index contributed by atoms with van der Waals surface area (Å²) in [5, 5.41) is 0.268. The van der Waals surface area contributed by atoms with Crippen molar-refractivity contribution in [3.8, 4) is 0 Å². The molecule has 1 heterocycles. The molecule has 2 rings (SSSR count). The Morgan fingerprint density at radius 2 is 2.11 bits per heavy atom. The van der Waals surface area contributed by atoms with Crippen LogP contribution in [0, 0.1) is 12.7 Å². The lowest BCUT2D eigenvalue weighted by atomic mass is 10.0. The summed E-state index contributed by atoms with van der Waals surface area (Å²) in [5.41, 5.74) is 1.36. The summed E-state index contributed by atoms with van der Waals surface area (Å²) in [4.78, 5) is 16.1. The number of aromatic nitrogens is 1. The fourth-order valence-corrected chi connectivity index (χ4v) is 1.97. The molecule has 1 aromatic carbocycles. The van der Waals surface area contributed by atoms with Crippen molar-refractivity contribution in [3.05, 3.63) is 64.2 Å². The van der Waals surface area contributed by atoms with E-state index in [1.54, 1.807) is 31.3 Å². The summed E-state index contributed by atoms with van der Waals surface area (Å²) in [6.45, 7) is 1.75. The number of benzene rings is 1. The van der Waals surface area contributed by atoms with E-state index in [-0.39, 0.29) is 22.8 Å². The summed E-state index contributed by atoms with van der Waals surface area (Å²) in [5.74, 6) is -0.648. The highest BCUT2D eigenvalue weighted by Crippen LogP contribution is 2.21. The highest BCUT2D eigenvalue weighted by molar-refractivity contribution is 6.31. The van der Waals surface area contributed by atoms with Gasteiger partial charge in [-0.3, -0.25) is 9.78 Å². The lowest BCUT2D eigenvalue weighted by Crippen LogP contribution is -2.08. The predicted molar refractivity (Wildman–Crippen MR) is 68.4 cm³/mol. The molecule has 2 nitrogen and oxygen atoms in total. The van der Waals surface area contributed by atoms with Gasteiger partial charge in [0.05, 0.1) is 0 Å². The number of halogens is 2. The van der Waals surface area contributed by atoms with Crippen LogP contribution in [0.25, 0.3) is 0 Å². The highest BCUT2D eigenvalue weighted by Gasteiger charge is 2.15. The van der Waals surface area contributed by atoms with Crippen LogP contribution in [0.1, 0.15) is 21.6 Å². The Labute approximate surface area is 109 Å². The van der Waals surface area contributed by atoms with Crippen molar-refractivity contribution >= 4 is 17.4 Å². The molecule has 0 unspecified atom stereocenters. The maximum atomic E-state index is 13.6. The minimum Gasteiger partial charge on any atom is -0.294 e. The normalized spacial score (nSPS) is 10.4.